The SMILES string of the molecule is C=CCC1CCc2ccccc2N1c1ccc(OC)cc1. The molecule has 0 amide bonds. The van der Waals surface area contributed by atoms with E-state index in [4.69, 9.17) is 4.74 Å². The Hall–Kier alpha value is -2.22. The Morgan fingerprint density at radius 3 is 2.67 bits per heavy atom. The average Bonchev–Trinajstić information content (AvgIpc) is 2.55. The summed E-state index contributed by atoms with van der Waals surface area (Å²) in [7, 11) is 1.70. The van der Waals surface area contributed by atoms with Crippen LogP contribution in [0, 0.1) is 0 Å². The van der Waals surface area contributed by atoms with Crippen LogP contribution in [0.25, 0.3) is 0 Å². The molecule has 0 radical (unpaired) electrons. The molecule has 21 heavy (non-hydrogen) atoms. The molecule has 0 bridgehead atoms. The van der Waals surface area contributed by atoms with Crippen molar-refractivity contribution in [2.24, 2.45) is 0 Å². The Kier molecular flexibility index (Phi) is 3.96. The van der Waals surface area contributed by atoms with E-state index in [1.54, 1.807) is 7.11 Å². The quantitative estimate of drug-likeness (QED) is 0.751. The fourth-order valence-corrected chi connectivity index (χ4v) is 3.11. The topological polar surface area (TPSA) is 12.5 Å². The number of methoxy groups -OCH3 is 1. The molecule has 108 valence electrons. The van der Waals surface area contributed by atoms with Crippen LogP contribution >= 0.6 is 0 Å². The Morgan fingerprint density at radius 1 is 1.19 bits per heavy atom. The lowest BCUT2D eigenvalue weighted by atomic mass is 9.93. The molecule has 2 nitrogen and oxygen atoms in total. The summed E-state index contributed by atoms with van der Waals surface area (Å²) >= 11 is 0. The third-order valence-corrected chi connectivity index (χ3v) is 4.15. The van der Waals surface area contributed by atoms with E-state index in [0.717, 1.165) is 25.0 Å². The zero-order chi connectivity index (χ0) is 14.7. The van der Waals surface area contributed by atoms with Crippen molar-refractivity contribution >= 4 is 11.4 Å². The minimum atomic E-state index is 0.478. The van der Waals surface area contributed by atoms with Gasteiger partial charge in [-0.25, -0.2) is 0 Å². The van der Waals surface area contributed by atoms with Gasteiger partial charge in [-0.05, 0) is 55.2 Å². The van der Waals surface area contributed by atoms with Gasteiger partial charge in [-0.3, -0.25) is 0 Å². The van der Waals surface area contributed by atoms with Crippen LogP contribution in [-0.4, -0.2) is 13.2 Å². The van der Waals surface area contributed by atoms with Gasteiger partial charge in [0.1, 0.15) is 5.75 Å². The first-order chi connectivity index (χ1) is 10.3. The molecule has 2 aromatic carbocycles. The second-order valence-corrected chi connectivity index (χ2v) is 5.41. The van der Waals surface area contributed by atoms with Gasteiger partial charge >= 0.3 is 0 Å². The predicted molar refractivity (Wildman–Crippen MR) is 88.5 cm³/mol. The van der Waals surface area contributed by atoms with Crippen molar-refractivity contribution in [1.29, 1.82) is 0 Å². The molecular formula is C19H21NO. The smallest absolute Gasteiger partial charge is 0.119 e. The summed E-state index contributed by atoms with van der Waals surface area (Å²) in [6, 6.07) is 17.5. The van der Waals surface area contributed by atoms with Crippen molar-refractivity contribution in [3.63, 3.8) is 0 Å². The molecule has 0 aromatic heterocycles. The van der Waals surface area contributed by atoms with Crippen LogP contribution in [0.15, 0.2) is 61.2 Å². The molecule has 2 heteroatoms. The van der Waals surface area contributed by atoms with Crippen LogP contribution in [0.1, 0.15) is 18.4 Å². The molecular weight excluding hydrogens is 258 g/mol. The third kappa shape index (κ3) is 2.66. The first-order valence-corrected chi connectivity index (χ1v) is 7.45. The van der Waals surface area contributed by atoms with Crippen LogP contribution in [0.4, 0.5) is 11.4 Å². The van der Waals surface area contributed by atoms with Gasteiger partial charge in [0.2, 0.25) is 0 Å². The minimum absolute atomic E-state index is 0.478. The predicted octanol–water partition coefficient (Wildman–Crippen LogP) is 4.72. The zero-order valence-corrected chi connectivity index (χ0v) is 12.5. The van der Waals surface area contributed by atoms with Crippen molar-refractivity contribution in [2.45, 2.75) is 25.3 Å². The van der Waals surface area contributed by atoms with Gasteiger partial charge in [0.25, 0.3) is 0 Å². The molecule has 0 fully saturated rings. The van der Waals surface area contributed by atoms with Crippen LogP contribution in [-0.2, 0) is 6.42 Å². The van der Waals surface area contributed by atoms with Crippen molar-refractivity contribution in [3.8, 4) is 5.75 Å². The second kappa shape index (κ2) is 6.04. The lowest BCUT2D eigenvalue weighted by molar-refractivity contribution is 0.415. The van der Waals surface area contributed by atoms with E-state index in [9.17, 15) is 0 Å². The number of benzene rings is 2. The maximum Gasteiger partial charge on any atom is 0.119 e. The molecule has 1 unspecified atom stereocenters. The highest BCUT2D eigenvalue weighted by Crippen LogP contribution is 2.38. The summed E-state index contributed by atoms with van der Waals surface area (Å²) in [5, 5.41) is 0. The van der Waals surface area contributed by atoms with Crippen LogP contribution < -0.4 is 9.64 Å². The summed E-state index contributed by atoms with van der Waals surface area (Å²) in [6.07, 6.45) is 5.33. The summed E-state index contributed by atoms with van der Waals surface area (Å²) in [5.41, 5.74) is 3.96. The molecule has 0 aliphatic carbocycles. The molecule has 1 aliphatic heterocycles. The zero-order valence-electron chi connectivity index (χ0n) is 12.5. The standard InChI is InChI=1S/C19H21NO/c1-3-6-16-10-9-15-7-4-5-8-19(15)20(16)17-11-13-18(21-2)14-12-17/h3-5,7-8,11-14,16H,1,6,9-10H2,2H3. The molecule has 2 aromatic rings. The molecule has 1 aliphatic rings. The van der Waals surface area contributed by atoms with E-state index in [1.165, 1.54) is 16.9 Å². The highest BCUT2D eigenvalue weighted by molar-refractivity contribution is 5.69. The first-order valence-electron chi connectivity index (χ1n) is 7.45. The number of fused-ring (bicyclic) bond motifs is 1. The summed E-state index contributed by atoms with van der Waals surface area (Å²) in [6.45, 7) is 3.92. The molecule has 0 saturated heterocycles. The van der Waals surface area contributed by atoms with E-state index in [0.29, 0.717) is 6.04 Å². The van der Waals surface area contributed by atoms with E-state index in [1.807, 2.05) is 18.2 Å². The van der Waals surface area contributed by atoms with Crippen molar-refractivity contribution in [3.05, 3.63) is 66.7 Å². The van der Waals surface area contributed by atoms with E-state index >= 15 is 0 Å². The molecule has 0 spiro atoms. The maximum atomic E-state index is 5.27. The summed E-state index contributed by atoms with van der Waals surface area (Å²) in [5.74, 6) is 0.893. The van der Waals surface area contributed by atoms with E-state index < -0.39 is 0 Å². The Morgan fingerprint density at radius 2 is 1.95 bits per heavy atom. The van der Waals surface area contributed by atoms with Gasteiger partial charge in [0.15, 0.2) is 0 Å². The largest absolute Gasteiger partial charge is 0.497 e. The number of rotatable bonds is 4. The molecule has 0 N–H and O–H groups in total. The van der Waals surface area contributed by atoms with E-state index in [2.05, 4.69) is 47.9 Å². The minimum Gasteiger partial charge on any atom is -0.497 e. The molecule has 3 rings (SSSR count). The van der Waals surface area contributed by atoms with Gasteiger partial charge in [-0.1, -0.05) is 24.3 Å². The van der Waals surface area contributed by atoms with Gasteiger partial charge in [0.05, 0.1) is 7.11 Å². The normalized spacial score (nSPS) is 17.2. The summed E-state index contributed by atoms with van der Waals surface area (Å²) in [4.78, 5) is 2.44. The lowest BCUT2D eigenvalue weighted by Crippen LogP contribution is -2.35. The highest BCUT2D eigenvalue weighted by Gasteiger charge is 2.26. The number of ether oxygens (including phenoxy) is 1. The number of hydrogen-bond acceptors (Lipinski definition) is 2. The fraction of sp³-hybridized carbons (Fsp3) is 0.263. The number of para-hydroxylation sites is 1. The van der Waals surface area contributed by atoms with Crippen LogP contribution in [0.3, 0.4) is 0 Å². The van der Waals surface area contributed by atoms with Crippen LogP contribution in [0.5, 0.6) is 5.75 Å². The number of nitrogens with zero attached hydrogens (tertiary/aromatic N) is 1. The van der Waals surface area contributed by atoms with Crippen molar-refractivity contribution in [1.82, 2.24) is 0 Å². The van der Waals surface area contributed by atoms with Gasteiger partial charge in [-0.2, -0.15) is 0 Å². The highest BCUT2D eigenvalue weighted by atomic mass is 16.5. The monoisotopic (exact) mass is 279 g/mol. The number of anilines is 2. The van der Waals surface area contributed by atoms with Gasteiger partial charge in [0, 0.05) is 17.4 Å². The first kappa shape index (κ1) is 13.7. The van der Waals surface area contributed by atoms with Gasteiger partial charge < -0.3 is 9.64 Å². The molecule has 1 atom stereocenters. The van der Waals surface area contributed by atoms with E-state index in [-0.39, 0.29) is 0 Å². The number of aryl methyl sites for hydroxylation is 1. The number of hydrogen-bond donors (Lipinski definition) is 0. The lowest BCUT2D eigenvalue weighted by Gasteiger charge is -2.38. The summed E-state index contributed by atoms with van der Waals surface area (Å²) < 4.78 is 5.27. The Balaban J connectivity index is 2.03. The average molecular weight is 279 g/mol. The second-order valence-electron chi connectivity index (χ2n) is 5.41. The Labute approximate surface area is 126 Å². The van der Waals surface area contributed by atoms with Gasteiger partial charge in [-0.15, -0.1) is 6.58 Å². The van der Waals surface area contributed by atoms with Crippen molar-refractivity contribution in [2.75, 3.05) is 12.0 Å². The molecule has 0 saturated carbocycles. The Bertz CT molecular complexity index is 618. The van der Waals surface area contributed by atoms with Crippen LogP contribution in [0.2, 0.25) is 0 Å². The maximum absolute atomic E-state index is 5.27. The fourth-order valence-electron chi connectivity index (χ4n) is 3.11. The van der Waals surface area contributed by atoms with Crippen molar-refractivity contribution < 1.29 is 4.74 Å². The third-order valence-electron chi connectivity index (χ3n) is 4.15. The molecule has 1 heterocycles.